The fraction of sp³-hybridized carbons (Fsp3) is 0.914. The molecule has 0 aromatic carbocycles. The first kappa shape index (κ1) is 92.2. The smallest absolute Gasteiger partial charge is 0.220 e. The van der Waals surface area contributed by atoms with Gasteiger partial charge < -0.3 is 89.9 Å². The average Bonchev–Trinajstić information content (AvgIpc) is 0.782. The van der Waals surface area contributed by atoms with E-state index in [1.807, 2.05) is 6.08 Å². The van der Waals surface area contributed by atoms with Gasteiger partial charge in [-0.1, -0.05) is 326 Å². The molecule has 3 rings (SSSR count). The van der Waals surface area contributed by atoms with Crippen LogP contribution in [0.5, 0.6) is 0 Å². The Morgan fingerprint density at radius 1 is 0.350 bits per heavy atom. The molecule has 100 heavy (non-hydrogen) atoms. The minimum Gasteiger partial charge on any atom is -0.394 e. The third-order valence-corrected chi connectivity index (χ3v) is 20.7. The van der Waals surface area contributed by atoms with Crippen molar-refractivity contribution < 1.29 is 89.4 Å². The van der Waals surface area contributed by atoms with Crippen LogP contribution in [0.1, 0.15) is 341 Å². The maximum Gasteiger partial charge on any atom is 0.220 e. The Balaban J connectivity index is 1.39. The molecule has 1 amide bonds. The summed E-state index contributed by atoms with van der Waals surface area (Å²) in [6.45, 7) is 1.77. The predicted molar refractivity (Wildman–Crippen MR) is 397 cm³/mol. The molecule has 0 aromatic rings. The summed E-state index contributed by atoms with van der Waals surface area (Å²) in [7, 11) is 0. The van der Waals surface area contributed by atoms with Crippen LogP contribution in [0, 0.1) is 0 Å². The lowest BCUT2D eigenvalue weighted by atomic mass is 9.96. The molecule has 0 aromatic heterocycles. The van der Waals surface area contributed by atoms with Crippen LogP contribution >= 0.6 is 0 Å². The highest BCUT2D eigenvalue weighted by molar-refractivity contribution is 5.76. The van der Waals surface area contributed by atoms with Crippen molar-refractivity contribution in [3.63, 3.8) is 0 Å². The van der Waals surface area contributed by atoms with Crippen molar-refractivity contribution in [2.75, 3.05) is 26.4 Å². The number of carbonyl (C=O) groups is 1. The highest BCUT2D eigenvalue weighted by atomic mass is 16.8. The number of amides is 1. The first-order valence-corrected chi connectivity index (χ1v) is 41.2. The maximum atomic E-state index is 13.5. The normalized spacial score (nSPS) is 26.6. The van der Waals surface area contributed by atoms with Crippen LogP contribution in [0.3, 0.4) is 0 Å². The van der Waals surface area contributed by atoms with Crippen molar-refractivity contribution in [1.82, 2.24) is 5.32 Å². The Hall–Kier alpha value is -1.99. The molecule has 3 fully saturated rings. The van der Waals surface area contributed by atoms with E-state index in [4.69, 9.17) is 28.4 Å². The molecule has 0 saturated carbocycles. The Labute approximate surface area is 606 Å². The van der Waals surface area contributed by atoms with Gasteiger partial charge in [-0.3, -0.25) is 4.79 Å². The summed E-state index contributed by atoms with van der Waals surface area (Å²) >= 11 is 0. The van der Waals surface area contributed by atoms with Gasteiger partial charge in [0.2, 0.25) is 5.91 Å². The van der Waals surface area contributed by atoms with E-state index in [-0.39, 0.29) is 18.9 Å². The van der Waals surface area contributed by atoms with E-state index in [1.165, 1.54) is 263 Å². The minimum atomic E-state index is -1.98. The predicted octanol–water partition coefficient (Wildman–Crippen LogP) is 13.9. The first-order chi connectivity index (χ1) is 48.8. The van der Waals surface area contributed by atoms with Gasteiger partial charge in [0.25, 0.3) is 0 Å². The lowest BCUT2D eigenvalue weighted by molar-refractivity contribution is -0.379. The summed E-state index contributed by atoms with van der Waals surface area (Å²) in [5.41, 5.74) is 0. The van der Waals surface area contributed by atoms with Gasteiger partial charge in [0.1, 0.15) is 73.2 Å². The number of ether oxygens (including phenoxy) is 6. The van der Waals surface area contributed by atoms with Crippen LogP contribution in [0.4, 0.5) is 0 Å². The van der Waals surface area contributed by atoms with E-state index in [0.717, 1.165) is 44.9 Å². The van der Waals surface area contributed by atoms with Crippen LogP contribution in [-0.2, 0) is 33.2 Å². The monoisotopic (exact) mass is 1430 g/mol. The molecule has 3 aliphatic rings. The number of allylic oxidation sites excluding steroid dienone is 5. The van der Waals surface area contributed by atoms with Crippen molar-refractivity contribution in [3.8, 4) is 0 Å². The third kappa shape index (κ3) is 41.8. The average molecular weight is 1430 g/mol. The minimum absolute atomic E-state index is 0.236. The van der Waals surface area contributed by atoms with Gasteiger partial charge in [-0.15, -0.1) is 0 Å². The van der Waals surface area contributed by atoms with Crippen LogP contribution in [0.15, 0.2) is 36.5 Å². The van der Waals surface area contributed by atoms with Crippen LogP contribution in [0.25, 0.3) is 0 Å². The number of carbonyl (C=O) groups excluding carboxylic acids is 1. The molecule has 19 heteroatoms. The second-order valence-electron chi connectivity index (χ2n) is 29.6. The zero-order valence-electron chi connectivity index (χ0n) is 62.9. The summed E-state index contributed by atoms with van der Waals surface area (Å²) in [4.78, 5) is 13.5. The topological polar surface area (TPSA) is 307 Å². The molecule has 3 heterocycles. The van der Waals surface area contributed by atoms with Crippen molar-refractivity contribution in [2.24, 2.45) is 0 Å². The zero-order valence-corrected chi connectivity index (χ0v) is 62.9. The van der Waals surface area contributed by atoms with Gasteiger partial charge in [0.15, 0.2) is 18.9 Å². The first-order valence-electron chi connectivity index (χ1n) is 41.2. The SMILES string of the molecule is CCCCCCCCCCCCCCCCCCCC/C=C/CC/C=C/CC/C=C/C(O)C(COC1OC(CO)C(OC2OC(CO)C(OC3OC(CO)C(O)C(O)C3O)C(O)C2O)C(O)C1O)NC(=O)CCCCCCCCCCCCCCCCCCCCCCCCCCCCC. The van der Waals surface area contributed by atoms with Crippen molar-refractivity contribution in [1.29, 1.82) is 0 Å². The Morgan fingerprint density at radius 3 is 1.00 bits per heavy atom. The van der Waals surface area contributed by atoms with E-state index in [1.54, 1.807) is 6.08 Å². The third-order valence-electron chi connectivity index (χ3n) is 20.7. The van der Waals surface area contributed by atoms with Gasteiger partial charge in [-0.25, -0.2) is 0 Å². The molecule has 12 N–H and O–H groups in total. The fourth-order valence-corrected chi connectivity index (χ4v) is 14.1. The van der Waals surface area contributed by atoms with Gasteiger partial charge in [-0.05, 0) is 44.9 Å². The highest BCUT2D eigenvalue weighted by Gasteiger charge is 2.54. The second-order valence-corrected chi connectivity index (χ2v) is 29.6. The number of aliphatic hydroxyl groups is 11. The molecule has 0 bridgehead atoms. The van der Waals surface area contributed by atoms with E-state index in [0.29, 0.717) is 12.8 Å². The van der Waals surface area contributed by atoms with Gasteiger partial charge in [0.05, 0.1) is 38.6 Å². The lowest BCUT2D eigenvalue weighted by Gasteiger charge is -2.48. The Morgan fingerprint density at radius 2 is 0.640 bits per heavy atom. The largest absolute Gasteiger partial charge is 0.394 e. The fourth-order valence-electron chi connectivity index (χ4n) is 14.1. The van der Waals surface area contributed by atoms with Gasteiger partial charge in [0, 0.05) is 6.42 Å². The molecule has 17 atom stereocenters. The molecule has 17 unspecified atom stereocenters. The number of hydrogen-bond donors (Lipinski definition) is 12. The molecule has 0 radical (unpaired) electrons. The van der Waals surface area contributed by atoms with E-state index >= 15 is 0 Å². The van der Waals surface area contributed by atoms with E-state index in [9.17, 15) is 61.0 Å². The number of nitrogens with one attached hydrogen (secondary N) is 1. The lowest BCUT2D eigenvalue weighted by Crippen LogP contribution is -2.66. The summed E-state index contributed by atoms with van der Waals surface area (Å²) in [5, 5.41) is 121. The molecule has 0 aliphatic carbocycles. The quantitative estimate of drug-likeness (QED) is 0.0199. The van der Waals surface area contributed by atoms with Crippen LogP contribution in [0.2, 0.25) is 0 Å². The number of hydrogen-bond acceptors (Lipinski definition) is 18. The van der Waals surface area contributed by atoms with Crippen molar-refractivity contribution >= 4 is 5.91 Å². The molecule has 588 valence electrons. The number of unbranched alkanes of at least 4 members (excludes halogenated alkanes) is 46. The molecule has 3 aliphatic heterocycles. The van der Waals surface area contributed by atoms with E-state index < -0.39 is 124 Å². The number of aliphatic hydroxyl groups excluding tert-OH is 11. The number of rotatable bonds is 66. The van der Waals surface area contributed by atoms with Gasteiger partial charge in [-0.2, -0.15) is 0 Å². The van der Waals surface area contributed by atoms with Crippen LogP contribution in [-0.4, -0.2) is 193 Å². The van der Waals surface area contributed by atoms with E-state index in [2.05, 4.69) is 43.5 Å². The summed E-state index contributed by atoms with van der Waals surface area (Å²) in [6.07, 6.45) is 50.0. The second kappa shape index (κ2) is 62.1. The molecular weight excluding hydrogens is 1270 g/mol. The summed E-state index contributed by atoms with van der Waals surface area (Å²) < 4.78 is 34.4. The van der Waals surface area contributed by atoms with Crippen molar-refractivity contribution in [2.45, 2.75) is 446 Å². The molecule has 3 saturated heterocycles. The highest BCUT2D eigenvalue weighted by Crippen LogP contribution is 2.33. The summed E-state index contributed by atoms with van der Waals surface area (Å²) in [5.74, 6) is -0.282. The molecule has 0 spiro atoms. The Bertz CT molecular complexity index is 1950. The Kier molecular flexibility index (Phi) is 57.3. The standard InChI is InChI=1S/C81H151NO18/c1-3-5-7-9-11-13-15-17-19-21-23-25-27-29-31-33-34-36-38-40-42-44-46-48-50-52-54-56-58-65(86)64(82-69(87)59-57-55-53-51-49-47-45-43-41-39-37-35-32-30-28-26-24-22-20-18-16-14-12-10-8-6-4-2)63-95-79-75(93)72(90)77(67(61-84)97-79)100-81-76(94)73(91)78(68(62-85)98-81)99-80-74(92)71(89)70(88)66(60-83)96-80/h40,42,48,50,56,58,64-68,70-81,83-86,88-94H,3-39,41,43-47,49,51-55,57,59-63H2,1-2H3,(H,82,87)/b42-40+,50-48+,58-56+. The molecular formula is C81H151NO18. The van der Waals surface area contributed by atoms with Gasteiger partial charge >= 0.3 is 0 Å². The molecule has 19 nitrogen and oxygen atoms in total. The zero-order chi connectivity index (χ0) is 72.5. The van der Waals surface area contributed by atoms with Crippen molar-refractivity contribution in [3.05, 3.63) is 36.5 Å². The summed E-state index contributed by atoms with van der Waals surface area (Å²) in [6, 6.07) is -0.996. The maximum absolute atomic E-state index is 13.5. The van der Waals surface area contributed by atoms with Crippen LogP contribution < -0.4 is 5.32 Å².